The molecule has 0 bridgehead atoms. The first kappa shape index (κ1) is 16.7. The minimum absolute atomic E-state index is 0.0402. The van der Waals surface area contributed by atoms with Gasteiger partial charge in [0.2, 0.25) is 0 Å². The van der Waals surface area contributed by atoms with Gasteiger partial charge < -0.3 is 4.74 Å². The van der Waals surface area contributed by atoms with Crippen molar-refractivity contribution in [1.29, 1.82) is 0 Å². The highest BCUT2D eigenvalue weighted by molar-refractivity contribution is 6.36. The second-order valence-corrected chi connectivity index (χ2v) is 5.93. The second-order valence-electron chi connectivity index (χ2n) is 4.27. The number of halogens is 5. The van der Waals surface area contributed by atoms with Crippen LogP contribution in [0.25, 0.3) is 0 Å². The first-order chi connectivity index (χ1) is 9.93. The molecular weight excluding hydrogens is 357 g/mol. The van der Waals surface area contributed by atoms with Crippen molar-refractivity contribution in [2.75, 3.05) is 6.61 Å². The topological polar surface area (TPSA) is 9.23 Å². The van der Waals surface area contributed by atoms with Crippen molar-refractivity contribution in [1.82, 2.24) is 0 Å². The Morgan fingerprint density at radius 2 is 1.76 bits per heavy atom. The van der Waals surface area contributed by atoms with Crippen LogP contribution in [-0.2, 0) is 0 Å². The van der Waals surface area contributed by atoms with E-state index in [0.717, 1.165) is 0 Å². The van der Waals surface area contributed by atoms with Crippen molar-refractivity contribution in [2.24, 2.45) is 0 Å². The van der Waals surface area contributed by atoms with E-state index in [4.69, 9.17) is 51.1 Å². The summed E-state index contributed by atoms with van der Waals surface area (Å²) in [6.45, 7) is 2.32. The molecule has 1 atom stereocenters. The molecule has 21 heavy (non-hydrogen) atoms. The zero-order valence-corrected chi connectivity index (χ0v) is 14.0. The Balaban J connectivity index is 2.40. The summed E-state index contributed by atoms with van der Waals surface area (Å²) in [5.74, 6) is -0.0490. The lowest BCUT2D eigenvalue weighted by Crippen LogP contribution is -1.98. The molecule has 1 unspecified atom stereocenters. The molecule has 6 heteroatoms. The Morgan fingerprint density at radius 1 is 1.05 bits per heavy atom. The fourth-order valence-electron chi connectivity index (χ4n) is 1.85. The number of rotatable bonds is 4. The molecule has 0 aliphatic heterocycles. The normalized spacial score (nSPS) is 12.3. The summed E-state index contributed by atoms with van der Waals surface area (Å²) in [4.78, 5) is 0. The van der Waals surface area contributed by atoms with Crippen LogP contribution >= 0.6 is 46.4 Å². The van der Waals surface area contributed by atoms with Gasteiger partial charge in [0.05, 0.1) is 22.0 Å². The Morgan fingerprint density at radius 3 is 2.38 bits per heavy atom. The lowest BCUT2D eigenvalue weighted by atomic mass is 10.0. The number of benzene rings is 2. The average molecular weight is 368 g/mol. The minimum atomic E-state index is -0.641. The number of alkyl halides is 1. The Hall–Kier alpha value is -0.670. The van der Waals surface area contributed by atoms with Crippen molar-refractivity contribution in [3.05, 3.63) is 62.3 Å². The Kier molecular flexibility index (Phi) is 5.61. The third-order valence-corrected chi connectivity index (χ3v) is 4.28. The van der Waals surface area contributed by atoms with E-state index in [0.29, 0.717) is 33.5 Å². The maximum Gasteiger partial charge on any atom is 0.142 e. The number of hydrogen-bond acceptors (Lipinski definition) is 1. The molecular formula is C15H11Cl4FO. The minimum Gasteiger partial charge on any atom is -0.492 e. The third-order valence-electron chi connectivity index (χ3n) is 2.86. The monoisotopic (exact) mass is 366 g/mol. The van der Waals surface area contributed by atoms with Crippen LogP contribution in [0.2, 0.25) is 15.1 Å². The molecule has 0 aliphatic rings. The van der Waals surface area contributed by atoms with Gasteiger partial charge in [0.1, 0.15) is 11.6 Å². The van der Waals surface area contributed by atoms with Crippen LogP contribution in [0.1, 0.15) is 23.4 Å². The van der Waals surface area contributed by atoms with Gasteiger partial charge in [-0.05, 0) is 36.2 Å². The van der Waals surface area contributed by atoms with Crippen molar-refractivity contribution < 1.29 is 9.13 Å². The van der Waals surface area contributed by atoms with Crippen molar-refractivity contribution in [2.45, 2.75) is 12.3 Å². The first-order valence-corrected chi connectivity index (χ1v) is 7.71. The Labute approximate surface area is 142 Å². The van der Waals surface area contributed by atoms with E-state index in [1.54, 1.807) is 18.2 Å². The molecule has 0 aliphatic carbocycles. The number of ether oxygens (including phenoxy) is 1. The van der Waals surface area contributed by atoms with Crippen LogP contribution < -0.4 is 4.74 Å². The van der Waals surface area contributed by atoms with Crippen molar-refractivity contribution in [3.63, 3.8) is 0 Å². The summed E-state index contributed by atoms with van der Waals surface area (Å²) in [7, 11) is 0. The molecule has 0 aromatic heterocycles. The molecule has 0 saturated heterocycles. The predicted octanol–water partition coefficient (Wildman–Crippen LogP) is 6.51. The molecule has 112 valence electrons. The highest BCUT2D eigenvalue weighted by Gasteiger charge is 2.18. The van der Waals surface area contributed by atoms with Crippen molar-refractivity contribution in [3.8, 4) is 5.75 Å². The summed E-state index contributed by atoms with van der Waals surface area (Å²) in [5, 5.41) is 0.199. The predicted molar refractivity (Wildman–Crippen MR) is 86.7 cm³/mol. The van der Waals surface area contributed by atoms with Gasteiger partial charge in [0.15, 0.2) is 0 Å². The fraction of sp³-hybridized carbons (Fsp3) is 0.200. The van der Waals surface area contributed by atoms with Gasteiger partial charge in [-0.25, -0.2) is 4.39 Å². The van der Waals surface area contributed by atoms with Crippen LogP contribution in [0.4, 0.5) is 4.39 Å². The fourth-order valence-corrected chi connectivity index (χ4v) is 2.83. The van der Waals surface area contributed by atoms with E-state index in [1.807, 2.05) is 6.92 Å². The quantitative estimate of drug-likeness (QED) is 0.559. The van der Waals surface area contributed by atoms with Crippen LogP contribution in [0.5, 0.6) is 5.75 Å². The maximum atomic E-state index is 13.5. The van der Waals surface area contributed by atoms with Crippen LogP contribution in [0.15, 0.2) is 30.3 Å². The molecule has 0 N–H and O–H groups in total. The van der Waals surface area contributed by atoms with Gasteiger partial charge in [-0.15, -0.1) is 11.6 Å². The van der Waals surface area contributed by atoms with E-state index in [1.165, 1.54) is 12.1 Å². The molecule has 1 nitrogen and oxygen atoms in total. The van der Waals surface area contributed by atoms with Gasteiger partial charge in [-0.3, -0.25) is 0 Å². The lowest BCUT2D eigenvalue weighted by Gasteiger charge is -2.15. The molecule has 2 rings (SSSR count). The zero-order chi connectivity index (χ0) is 15.6. The van der Waals surface area contributed by atoms with E-state index >= 15 is 0 Å². The SMILES string of the molecule is CCOc1cc(Cl)c(C(Cl)c2ccc(Cl)c(F)c2)cc1Cl. The summed E-state index contributed by atoms with van der Waals surface area (Å²) < 4.78 is 18.9. The van der Waals surface area contributed by atoms with E-state index in [9.17, 15) is 4.39 Å². The van der Waals surface area contributed by atoms with Crippen LogP contribution in [0, 0.1) is 5.82 Å². The molecule has 0 amide bonds. The number of hydrogen-bond donors (Lipinski definition) is 0. The van der Waals surface area contributed by atoms with E-state index < -0.39 is 11.2 Å². The van der Waals surface area contributed by atoms with Gasteiger partial charge in [0, 0.05) is 11.1 Å². The highest BCUT2D eigenvalue weighted by Crippen LogP contribution is 2.39. The average Bonchev–Trinajstić information content (AvgIpc) is 2.45. The standard InChI is InChI=1S/C15H11Cl4FO/c1-2-21-14-7-11(17)9(6-12(14)18)15(19)8-3-4-10(16)13(20)5-8/h3-7,15H,2H2,1H3. The molecule has 2 aromatic carbocycles. The second kappa shape index (κ2) is 7.06. The smallest absolute Gasteiger partial charge is 0.142 e. The first-order valence-electron chi connectivity index (χ1n) is 6.14. The van der Waals surface area contributed by atoms with Crippen LogP contribution in [0.3, 0.4) is 0 Å². The van der Waals surface area contributed by atoms with Crippen molar-refractivity contribution >= 4 is 46.4 Å². The largest absolute Gasteiger partial charge is 0.492 e. The summed E-state index contributed by atoms with van der Waals surface area (Å²) >= 11 is 24.4. The summed E-state index contributed by atoms with van der Waals surface area (Å²) in [5.41, 5.74) is 1.12. The zero-order valence-electron chi connectivity index (χ0n) is 11.0. The third kappa shape index (κ3) is 3.75. The van der Waals surface area contributed by atoms with Gasteiger partial charge in [0.25, 0.3) is 0 Å². The molecule has 0 radical (unpaired) electrons. The molecule has 0 saturated carbocycles. The molecule has 2 aromatic rings. The molecule has 0 fully saturated rings. The van der Waals surface area contributed by atoms with Crippen LogP contribution in [-0.4, -0.2) is 6.61 Å². The van der Waals surface area contributed by atoms with E-state index in [-0.39, 0.29) is 5.02 Å². The van der Waals surface area contributed by atoms with Gasteiger partial charge in [-0.2, -0.15) is 0 Å². The summed E-state index contributed by atoms with van der Waals surface area (Å²) in [6, 6.07) is 7.60. The molecule has 0 spiro atoms. The highest BCUT2D eigenvalue weighted by atomic mass is 35.5. The lowest BCUT2D eigenvalue weighted by molar-refractivity contribution is 0.340. The summed E-state index contributed by atoms with van der Waals surface area (Å²) in [6.07, 6.45) is 0. The molecule has 0 heterocycles. The maximum absolute atomic E-state index is 13.5. The Bertz CT molecular complexity index is 660. The van der Waals surface area contributed by atoms with E-state index in [2.05, 4.69) is 0 Å². The van der Waals surface area contributed by atoms with Gasteiger partial charge in [-0.1, -0.05) is 40.9 Å². The van der Waals surface area contributed by atoms with Gasteiger partial charge >= 0.3 is 0 Å².